The molecular weight excluding hydrogens is 382 g/mol. The second-order valence-corrected chi connectivity index (χ2v) is 5.94. The summed E-state index contributed by atoms with van der Waals surface area (Å²) in [6.45, 7) is 3.93. The van der Waals surface area contributed by atoms with E-state index in [1.54, 1.807) is 24.3 Å². The van der Waals surface area contributed by atoms with Gasteiger partial charge in [0.1, 0.15) is 24.4 Å². The molecule has 1 aromatic carbocycles. The van der Waals surface area contributed by atoms with Crippen molar-refractivity contribution < 1.29 is 39.1 Å². The summed E-state index contributed by atoms with van der Waals surface area (Å²) in [6.07, 6.45) is -3.28. The average Bonchev–Trinajstić information content (AvgIpc) is 2.76. The van der Waals surface area contributed by atoms with Crippen molar-refractivity contribution in [3.63, 3.8) is 0 Å². The van der Waals surface area contributed by atoms with Crippen molar-refractivity contribution in [2.24, 2.45) is 0 Å². The van der Waals surface area contributed by atoms with Crippen LogP contribution in [0.2, 0.25) is 0 Å². The first kappa shape index (κ1) is 24.9. The molecule has 29 heavy (non-hydrogen) atoms. The zero-order valence-corrected chi connectivity index (χ0v) is 17.4. The van der Waals surface area contributed by atoms with Crippen LogP contribution < -0.4 is 14.8 Å². The fraction of sp³-hybridized carbons (Fsp3) is 0.550. The highest BCUT2D eigenvalue weighted by Gasteiger charge is 2.43. The Morgan fingerprint density at radius 1 is 1.07 bits per heavy atom. The van der Waals surface area contributed by atoms with E-state index >= 15 is 0 Å². The van der Waals surface area contributed by atoms with Crippen LogP contribution in [-0.4, -0.2) is 79.8 Å². The minimum Gasteiger partial charge on any atom is -0.493 e. The van der Waals surface area contributed by atoms with Gasteiger partial charge >= 0.3 is 0 Å². The Kier molecular flexibility index (Phi) is 10.6. The Hall–Kier alpha value is -2.17. The highest BCUT2D eigenvalue weighted by Crippen LogP contribution is 2.28. The average molecular weight is 413 g/mol. The summed E-state index contributed by atoms with van der Waals surface area (Å²) in [6, 6.07) is 5.21. The molecule has 1 heterocycles. The van der Waals surface area contributed by atoms with E-state index in [0.29, 0.717) is 11.5 Å². The molecule has 5 atom stereocenters. The third kappa shape index (κ3) is 6.69. The molecule has 5 unspecified atom stereocenters. The van der Waals surface area contributed by atoms with E-state index < -0.39 is 36.6 Å². The number of amides is 1. The molecule has 9 nitrogen and oxygen atoms in total. The van der Waals surface area contributed by atoms with Gasteiger partial charge in [-0.2, -0.15) is 0 Å². The smallest absolute Gasteiger partial charge is 0.244 e. The maximum Gasteiger partial charge on any atom is 0.244 e. The minimum atomic E-state index is -1.44. The fourth-order valence-corrected chi connectivity index (χ4v) is 2.67. The van der Waals surface area contributed by atoms with E-state index in [-0.39, 0.29) is 6.54 Å². The fourth-order valence-electron chi connectivity index (χ4n) is 2.67. The molecule has 1 aromatic rings. The number of hydrogen-bond acceptors (Lipinski definition) is 8. The Morgan fingerprint density at radius 2 is 1.72 bits per heavy atom. The first-order valence-corrected chi connectivity index (χ1v) is 9.31. The SMILES string of the molecule is CC.COc1ccc(/C=C/C(=O)NCC2OC(OC)C(O)C(O)C2O)cc1OC. The van der Waals surface area contributed by atoms with Crippen LogP contribution in [0.4, 0.5) is 0 Å². The number of carbonyl (C=O) groups is 1. The molecule has 1 amide bonds. The number of aliphatic hydroxyl groups excluding tert-OH is 3. The van der Waals surface area contributed by atoms with Gasteiger partial charge in [0, 0.05) is 19.7 Å². The lowest BCUT2D eigenvalue weighted by Crippen LogP contribution is -2.60. The Labute approximate surface area is 170 Å². The summed E-state index contributed by atoms with van der Waals surface area (Å²) in [5, 5.41) is 32.1. The summed E-state index contributed by atoms with van der Waals surface area (Å²) in [7, 11) is 4.36. The van der Waals surface area contributed by atoms with E-state index in [1.165, 1.54) is 27.4 Å². The lowest BCUT2D eigenvalue weighted by atomic mass is 9.99. The van der Waals surface area contributed by atoms with Crippen molar-refractivity contribution in [3.05, 3.63) is 29.8 Å². The molecule has 0 saturated carbocycles. The number of rotatable bonds is 7. The number of methoxy groups -OCH3 is 3. The topological polar surface area (TPSA) is 127 Å². The van der Waals surface area contributed by atoms with Gasteiger partial charge < -0.3 is 39.6 Å². The molecular formula is C20H31NO8. The Morgan fingerprint density at radius 3 is 2.31 bits per heavy atom. The quantitative estimate of drug-likeness (QED) is 0.471. The standard InChI is InChI=1S/C18H25NO8.C2H6/c1-24-11-6-4-10(8-12(11)25-2)5-7-14(20)19-9-13-15(21)16(22)17(23)18(26-3)27-13;1-2/h4-8,13,15-18,21-23H,9H2,1-3H3,(H,19,20);1-2H3/b7-5+;. The molecule has 0 aliphatic carbocycles. The molecule has 0 bridgehead atoms. The predicted octanol–water partition coefficient (Wildman–Crippen LogP) is 0.313. The van der Waals surface area contributed by atoms with Gasteiger partial charge in [0.15, 0.2) is 17.8 Å². The van der Waals surface area contributed by atoms with E-state index in [4.69, 9.17) is 18.9 Å². The molecule has 1 saturated heterocycles. The first-order valence-electron chi connectivity index (χ1n) is 9.31. The minimum absolute atomic E-state index is 0.0695. The maximum atomic E-state index is 12.0. The van der Waals surface area contributed by atoms with Gasteiger partial charge in [0.2, 0.25) is 5.91 Å². The number of nitrogens with one attached hydrogen (secondary N) is 1. The van der Waals surface area contributed by atoms with Crippen LogP contribution in [0.3, 0.4) is 0 Å². The predicted molar refractivity (Wildman–Crippen MR) is 107 cm³/mol. The summed E-state index contributed by atoms with van der Waals surface area (Å²) < 4.78 is 20.6. The van der Waals surface area contributed by atoms with Crippen molar-refractivity contribution in [3.8, 4) is 11.5 Å². The van der Waals surface area contributed by atoms with Crippen LogP contribution >= 0.6 is 0 Å². The van der Waals surface area contributed by atoms with Crippen LogP contribution in [0.15, 0.2) is 24.3 Å². The largest absolute Gasteiger partial charge is 0.493 e. The lowest BCUT2D eigenvalue weighted by Gasteiger charge is -2.39. The van der Waals surface area contributed by atoms with E-state index in [2.05, 4.69) is 5.32 Å². The third-order valence-electron chi connectivity index (χ3n) is 4.21. The van der Waals surface area contributed by atoms with E-state index in [9.17, 15) is 20.1 Å². The molecule has 1 aliphatic rings. The Bertz CT molecular complexity index is 664. The number of aliphatic hydroxyl groups is 3. The molecule has 164 valence electrons. The summed E-state index contributed by atoms with van der Waals surface area (Å²) in [5.74, 6) is 0.697. The van der Waals surface area contributed by atoms with Gasteiger partial charge in [-0.05, 0) is 23.8 Å². The summed E-state index contributed by atoms with van der Waals surface area (Å²) >= 11 is 0. The third-order valence-corrected chi connectivity index (χ3v) is 4.21. The zero-order chi connectivity index (χ0) is 22.0. The molecule has 0 spiro atoms. The van der Waals surface area contributed by atoms with Gasteiger partial charge in [-0.1, -0.05) is 19.9 Å². The summed E-state index contributed by atoms with van der Waals surface area (Å²) in [5.41, 5.74) is 0.731. The normalized spacial score (nSPS) is 26.4. The van der Waals surface area contributed by atoms with Gasteiger partial charge in [-0.3, -0.25) is 4.79 Å². The number of benzene rings is 1. The van der Waals surface area contributed by atoms with Gasteiger partial charge in [0.05, 0.1) is 14.2 Å². The van der Waals surface area contributed by atoms with Gasteiger partial charge in [-0.15, -0.1) is 0 Å². The first-order chi connectivity index (χ1) is 13.9. The van der Waals surface area contributed by atoms with Crippen LogP contribution in [0.1, 0.15) is 19.4 Å². The van der Waals surface area contributed by atoms with Crippen LogP contribution in [-0.2, 0) is 14.3 Å². The van der Waals surface area contributed by atoms with Gasteiger partial charge in [0.25, 0.3) is 0 Å². The highest BCUT2D eigenvalue weighted by molar-refractivity contribution is 5.91. The molecule has 1 aliphatic heterocycles. The molecule has 9 heteroatoms. The number of ether oxygens (including phenoxy) is 4. The zero-order valence-electron chi connectivity index (χ0n) is 17.4. The van der Waals surface area contributed by atoms with E-state index in [0.717, 1.165) is 5.56 Å². The molecule has 2 rings (SSSR count). The van der Waals surface area contributed by atoms with Crippen molar-refractivity contribution >= 4 is 12.0 Å². The molecule has 0 aromatic heterocycles. The van der Waals surface area contributed by atoms with Crippen molar-refractivity contribution in [1.29, 1.82) is 0 Å². The van der Waals surface area contributed by atoms with Crippen molar-refractivity contribution in [2.75, 3.05) is 27.9 Å². The number of hydrogen-bond donors (Lipinski definition) is 4. The van der Waals surface area contributed by atoms with Crippen LogP contribution in [0.5, 0.6) is 11.5 Å². The summed E-state index contributed by atoms with van der Waals surface area (Å²) in [4.78, 5) is 12.0. The maximum absolute atomic E-state index is 12.0. The van der Waals surface area contributed by atoms with Crippen molar-refractivity contribution in [2.45, 2.75) is 44.6 Å². The van der Waals surface area contributed by atoms with Crippen molar-refractivity contribution in [1.82, 2.24) is 5.32 Å². The lowest BCUT2D eigenvalue weighted by molar-refractivity contribution is -0.288. The monoisotopic (exact) mass is 413 g/mol. The van der Waals surface area contributed by atoms with Gasteiger partial charge in [-0.25, -0.2) is 0 Å². The molecule has 4 N–H and O–H groups in total. The second-order valence-electron chi connectivity index (χ2n) is 5.94. The second kappa shape index (κ2) is 12.4. The van der Waals surface area contributed by atoms with Crippen LogP contribution in [0, 0.1) is 0 Å². The molecule has 0 radical (unpaired) electrons. The van der Waals surface area contributed by atoms with E-state index in [1.807, 2.05) is 13.8 Å². The molecule has 1 fully saturated rings. The Balaban J connectivity index is 0.00000204. The van der Waals surface area contributed by atoms with Crippen LogP contribution in [0.25, 0.3) is 6.08 Å². The number of carbonyl (C=O) groups excluding carboxylic acids is 1. The highest BCUT2D eigenvalue weighted by atomic mass is 16.7.